The molecule has 1 atom stereocenters. The lowest BCUT2D eigenvalue weighted by Gasteiger charge is -2.20. The van der Waals surface area contributed by atoms with Gasteiger partial charge in [-0.15, -0.1) is 6.58 Å². The summed E-state index contributed by atoms with van der Waals surface area (Å²) in [6, 6.07) is 9.54. The summed E-state index contributed by atoms with van der Waals surface area (Å²) in [6.07, 6.45) is 8.18. The Morgan fingerprint density at radius 3 is 2.82 bits per heavy atom. The van der Waals surface area contributed by atoms with Crippen molar-refractivity contribution < 1.29 is 4.79 Å². The van der Waals surface area contributed by atoms with Crippen LogP contribution in [0.15, 0.2) is 54.6 Å². The molecule has 1 aliphatic carbocycles. The molecule has 2 rings (SSSR count). The molecule has 0 fully saturated rings. The van der Waals surface area contributed by atoms with Crippen LogP contribution in [0.5, 0.6) is 0 Å². The van der Waals surface area contributed by atoms with Gasteiger partial charge in [-0.2, -0.15) is 0 Å². The van der Waals surface area contributed by atoms with Crippen LogP contribution in [0.3, 0.4) is 0 Å². The molecule has 0 aliphatic heterocycles. The summed E-state index contributed by atoms with van der Waals surface area (Å²) >= 11 is 0. The van der Waals surface area contributed by atoms with Crippen molar-refractivity contribution in [2.45, 2.75) is 25.7 Å². The zero-order valence-electron chi connectivity index (χ0n) is 10.1. The van der Waals surface area contributed by atoms with Crippen LogP contribution in [0, 0.1) is 5.92 Å². The van der Waals surface area contributed by atoms with Gasteiger partial charge in [-0.05, 0) is 37.2 Å². The first-order valence-corrected chi connectivity index (χ1v) is 6.21. The van der Waals surface area contributed by atoms with Gasteiger partial charge in [0.05, 0.1) is 0 Å². The Morgan fingerprint density at radius 2 is 2.12 bits per heavy atom. The Balaban J connectivity index is 2.10. The lowest BCUT2D eigenvalue weighted by atomic mass is 9.84. The van der Waals surface area contributed by atoms with Crippen molar-refractivity contribution in [2.24, 2.45) is 5.92 Å². The standard InChI is InChI=1S/C16H18O/c1-2-7-13-8-6-11-15(12-13)16(17)14-9-4-3-5-10-14/h2-5,9-11,13H,1,6-8,12H2. The smallest absolute Gasteiger partial charge is 0.188 e. The zero-order chi connectivity index (χ0) is 12.1. The molecule has 17 heavy (non-hydrogen) atoms. The summed E-state index contributed by atoms with van der Waals surface area (Å²) in [7, 11) is 0. The molecule has 88 valence electrons. The average Bonchev–Trinajstić information content (AvgIpc) is 2.40. The number of hydrogen-bond donors (Lipinski definition) is 0. The van der Waals surface area contributed by atoms with Gasteiger partial charge in [0.1, 0.15) is 0 Å². The normalized spacial score (nSPS) is 19.5. The highest BCUT2D eigenvalue weighted by molar-refractivity contribution is 6.08. The van der Waals surface area contributed by atoms with Crippen LogP contribution >= 0.6 is 0 Å². The van der Waals surface area contributed by atoms with Crippen molar-refractivity contribution in [1.82, 2.24) is 0 Å². The molecule has 0 radical (unpaired) electrons. The summed E-state index contributed by atoms with van der Waals surface area (Å²) in [4.78, 5) is 12.3. The monoisotopic (exact) mass is 226 g/mol. The third-order valence-electron chi connectivity index (χ3n) is 3.30. The molecule has 0 saturated carbocycles. The fraction of sp³-hybridized carbons (Fsp3) is 0.312. The minimum Gasteiger partial charge on any atom is -0.289 e. The molecular weight excluding hydrogens is 208 g/mol. The number of rotatable bonds is 4. The van der Waals surface area contributed by atoms with Gasteiger partial charge < -0.3 is 0 Å². The summed E-state index contributed by atoms with van der Waals surface area (Å²) < 4.78 is 0. The Morgan fingerprint density at radius 1 is 1.35 bits per heavy atom. The quantitative estimate of drug-likeness (QED) is 0.556. The molecular formula is C16H18O. The molecule has 1 heteroatoms. The van der Waals surface area contributed by atoms with E-state index in [1.807, 2.05) is 36.4 Å². The highest BCUT2D eigenvalue weighted by atomic mass is 16.1. The molecule has 0 aromatic heterocycles. The van der Waals surface area contributed by atoms with Gasteiger partial charge in [-0.3, -0.25) is 4.79 Å². The van der Waals surface area contributed by atoms with Crippen molar-refractivity contribution >= 4 is 5.78 Å². The van der Waals surface area contributed by atoms with Crippen LogP contribution in [0.2, 0.25) is 0 Å². The lowest BCUT2D eigenvalue weighted by molar-refractivity contribution is 0.102. The molecule has 1 aromatic rings. The molecule has 0 N–H and O–H groups in total. The molecule has 0 heterocycles. The van der Waals surface area contributed by atoms with Crippen LogP contribution in [-0.2, 0) is 0 Å². The topological polar surface area (TPSA) is 17.1 Å². The van der Waals surface area contributed by atoms with Crippen LogP contribution in [0.4, 0.5) is 0 Å². The summed E-state index contributed by atoms with van der Waals surface area (Å²) in [5.41, 5.74) is 1.78. The fourth-order valence-electron chi connectivity index (χ4n) is 2.39. The molecule has 1 nitrogen and oxygen atoms in total. The number of allylic oxidation sites excluding steroid dienone is 3. The van der Waals surface area contributed by atoms with E-state index < -0.39 is 0 Å². The van der Waals surface area contributed by atoms with E-state index in [4.69, 9.17) is 0 Å². The maximum Gasteiger partial charge on any atom is 0.188 e. The minimum absolute atomic E-state index is 0.194. The van der Waals surface area contributed by atoms with Gasteiger partial charge in [-0.1, -0.05) is 42.5 Å². The van der Waals surface area contributed by atoms with Gasteiger partial charge in [0, 0.05) is 5.56 Å². The number of ketones is 1. The second-order valence-corrected chi connectivity index (χ2v) is 4.60. The van der Waals surface area contributed by atoms with E-state index in [1.165, 1.54) is 6.42 Å². The van der Waals surface area contributed by atoms with Crippen molar-refractivity contribution in [1.29, 1.82) is 0 Å². The van der Waals surface area contributed by atoms with E-state index in [-0.39, 0.29) is 5.78 Å². The van der Waals surface area contributed by atoms with Crippen LogP contribution < -0.4 is 0 Å². The van der Waals surface area contributed by atoms with E-state index in [1.54, 1.807) is 0 Å². The molecule has 0 bridgehead atoms. The molecule has 0 saturated heterocycles. The Hall–Kier alpha value is -1.63. The highest BCUT2D eigenvalue weighted by Crippen LogP contribution is 2.28. The predicted molar refractivity (Wildman–Crippen MR) is 71.0 cm³/mol. The molecule has 1 unspecified atom stereocenters. The van der Waals surface area contributed by atoms with Crippen molar-refractivity contribution in [3.05, 3.63) is 60.2 Å². The third-order valence-corrected chi connectivity index (χ3v) is 3.30. The van der Waals surface area contributed by atoms with E-state index in [9.17, 15) is 4.79 Å². The summed E-state index contributed by atoms with van der Waals surface area (Å²) in [5, 5.41) is 0. The SMILES string of the molecule is C=CCC1CCC=C(C(=O)c2ccccc2)C1. The highest BCUT2D eigenvalue weighted by Gasteiger charge is 2.19. The van der Waals surface area contributed by atoms with Crippen LogP contribution in [0.1, 0.15) is 36.0 Å². The number of Topliss-reactive ketones (excluding diaryl/α,β-unsaturated/α-hetero) is 1. The van der Waals surface area contributed by atoms with E-state index in [0.717, 1.165) is 30.4 Å². The van der Waals surface area contributed by atoms with Gasteiger partial charge in [0.15, 0.2) is 5.78 Å². The number of hydrogen-bond acceptors (Lipinski definition) is 1. The second-order valence-electron chi connectivity index (χ2n) is 4.60. The van der Waals surface area contributed by atoms with Crippen molar-refractivity contribution in [2.75, 3.05) is 0 Å². The molecule has 1 aliphatic rings. The lowest BCUT2D eigenvalue weighted by Crippen LogP contribution is -2.12. The molecule has 1 aromatic carbocycles. The fourth-order valence-corrected chi connectivity index (χ4v) is 2.39. The van der Waals surface area contributed by atoms with Crippen molar-refractivity contribution in [3.8, 4) is 0 Å². The van der Waals surface area contributed by atoms with E-state index in [0.29, 0.717) is 5.92 Å². The summed E-state index contributed by atoms with van der Waals surface area (Å²) in [5.74, 6) is 0.791. The predicted octanol–water partition coefficient (Wildman–Crippen LogP) is 4.17. The molecule has 0 spiro atoms. The first-order valence-electron chi connectivity index (χ1n) is 6.21. The maximum atomic E-state index is 12.3. The van der Waals surface area contributed by atoms with Crippen molar-refractivity contribution in [3.63, 3.8) is 0 Å². The minimum atomic E-state index is 0.194. The average molecular weight is 226 g/mol. The van der Waals surface area contributed by atoms with E-state index in [2.05, 4.69) is 12.7 Å². The Labute approximate surface area is 103 Å². The maximum absolute atomic E-state index is 12.3. The van der Waals surface area contributed by atoms with Gasteiger partial charge in [-0.25, -0.2) is 0 Å². The van der Waals surface area contributed by atoms with E-state index >= 15 is 0 Å². The summed E-state index contributed by atoms with van der Waals surface area (Å²) in [6.45, 7) is 3.78. The number of benzene rings is 1. The van der Waals surface area contributed by atoms with Gasteiger partial charge in [0.25, 0.3) is 0 Å². The third kappa shape index (κ3) is 2.94. The van der Waals surface area contributed by atoms with Gasteiger partial charge in [0.2, 0.25) is 0 Å². The number of carbonyl (C=O) groups is 1. The largest absolute Gasteiger partial charge is 0.289 e. The molecule has 0 amide bonds. The van der Waals surface area contributed by atoms with Crippen LogP contribution in [0.25, 0.3) is 0 Å². The first-order chi connectivity index (χ1) is 8.31. The first kappa shape index (κ1) is 11.8. The number of carbonyl (C=O) groups excluding carboxylic acids is 1. The second kappa shape index (κ2) is 5.62. The van der Waals surface area contributed by atoms with Gasteiger partial charge >= 0.3 is 0 Å². The Kier molecular flexibility index (Phi) is 3.92. The van der Waals surface area contributed by atoms with Crippen LogP contribution in [-0.4, -0.2) is 5.78 Å². The zero-order valence-corrected chi connectivity index (χ0v) is 10.1. The Bertz CT molecular complexity index is 428.